The highest BCUT2D eigenvalue weighted by atomic mass is 32.2. The predicted molar refractivity (Wildman–Crippen MR) is 76.1 cm³/mol. The van der Waals surface area contributed by atoms with E-state index < -0.39 is 15.7 Å². The van der Waals surface area contributed by atoms with Crippen molar-refractivity contribution in [3.05, 3.63) is 12.0 Å². The van der Waals surface area contributed by atoms with E-state index in [2.05, 4.69) is 20.6 Å². The summed E-state index contributed by atoms with van der Waals surface area (Å²) in [6.07, 6.45) is 3.28. The molecular formula is C12H19FN4O2S. The number of rotatable bonds is 5. The Morgan fingerprint density at radius 2 is 2.30 bits per heavy atom. The normalized spacial score (nSPS) is 21.4. The van der Waals surface area contributed by atoms with Crippen molar-refractivity contribution in [3.63, 3.8) is 0 Å². The van der Waals surface area contributed by atoms with Crippen LogP contribution < -0.4 is 10.6 Å². The fourth-order valence-electron chi connectivity index (χ4n) is 2.12. The number of nitrogens with one attached hydrogen (secondary N) is 2. The number of aromatic nitrogens is 2. The van der Waals surface area contributed by atoms with Crippen LogP contribution in [0.25, 0.3) is 0 Å². The van der Waals surface area contributed by atoms with E-state index in [4.69, 9.17) is 0 Å². The minimum atomic E-state index is -3.03. The average Bonchev–Trinajstić information content (AvgIpc) is 2.38. The fourth-order valence-corrected chi connectivity index (χ4v) is 3.76. The van der Waals surface area contributed by atoms with Gasteiger partial charge in [0.05, 0.1) is 17.7 Å². The van der Waals surface area contributed by atoms with Crippen molar-refractivity contribution in [2.75, 3.05) is 28.7 Å². The van der Waals surface area contributed by atoms with Gasteiger partial charge in [-0.3, -0.25) is 0 Å². The second kappa shape index (κ2) is 6.34. The first-order chi connectivity index (χ1) is 9.50. The molecule has 20 heavy (non-hydrogen) atoms. The van der Waals surface area contributed by atoms with Crippen LogP contribution in [0.5, 0.6) is 0 Å². The second-order valence-electron chi connectivity index (χ2n) is 4.91. The van der Waals surface area contributed by atoms with Crippen LogP contribution >= 0.6 is 0 Å². The summed E-state index contributed by atoms with van der Waals surface area (Å²) < 4.78 is 36.8. The van der Waals surface area contributed by atoms with Gasteiger partial charge in [0, 0.05) is 12.6 Å². The summed E-state index contributed by atoms with van der Waals surface area (Å²) >= 11 is 0. The molecule has 1 aromatic heterocycles. The van der Waals surface area contributed by atoms with Crippen LogP contribution in [0.2, 0.25) is 0 Å². The Balaban J connectivity index is 2.08. The third-order valence-electron chi connectivity index (χ3n) is 3.08. The van der Waals surface area contributed by atoms with Gasteiger partial charge in [0.15, 0.2) is 21.5 Å². The molecule has 1 fully saturated rings. The second-order valence-corrected chi connectivity index (χ2v) is 7.14. The summed E-state index contributed by atoms with van der Waals surface area (Å²) in [5, 5.41) is 5.84. The highest BCUT2D eigenvalue weighted by Gasteiger charge is 2.25. The number of sulfone groups is 1. The number of anilines is 2. The minimum absolute atomic E-state index is 0.0220. The van der Waals surface area contributed by atoms with Crippen molar-refractivity contribution in [3.8, 4) is 0 Å². The van der Waals surface area contributed by atoms with Crippen molar-refractivity contribution in [1.82, 2.24) is 9.97 Å². The zero-order chi connectivity index (χ0) is 14.6. The molecular weight excluding hydrogens is 283 g/mol. The average molecular weight is 302 g/mol. The van der Waals surface area contributed by atoms with Crippen LogP contribution in [0, 0.1) is 5.82 Å². The monoisotopic (exact) mass is 302 g/mol. The maximum absolute atomic E-state index is 13.7. The van der Waals surface area contributed by atoms with E-state index >= 15 is 0 Å². The molecule has 0 bridgehead atoms. The Hall–Kier alpha value is -1.44. The largest absolute Gasteiger partial charge is 0.364 e. The molecule has 8 heteroatoms. The molecule has 0 saturated carbocycles. The van der Waals surface area contributed by atoms with Gasteiger partial charge < -0.3 is 10.6 Å². The molecule has 0 spiro atoms. The van der Waals surface area contributed by atoms with Crippen LogP contribution in [-0.2, 0) is 9.84 Å². The third kappa shape index (κ3) is 4.03. The molecule has 1 aliphatic rings. The summed E-state index contributed by atoms with van der Waals surface area (Å²) in [6.45, 7) is 2.70. The highest BCUT2D eigenvalue weighted by Crippen LogP contribution is 2.19. The quantitative estimate of drug-likeness (QED) is 0.856. The summed E-state index contributed by atoms with van der Waals surface area (Å²) in [4.78, 5) is 7.89. The lowest BCUT2D eigenvalue weighted by molar-refractivity contribution is 0.557. The van der Waals surface area contributed by atoms with Gasteiger partial charge in [-0.1, -0.05) is 6.92 Å². The summed E-state index contributed by atoms with van der Waals surface area (Å²) in [5.41, 5.74) is 0. The summed E-state index contributed by atoms with van der Waals surface area (Å²) in [6, 6.07) is -0.294. The van der Waals surface area contributed by atoms with Crippen LogP contribution in [-0.4, -0.2) is 42.5 Å². The van der Waals surface area contributed by atoms with E-state index in [1.54, 1.807) is 0 Å². The van der Waals surface area contributed by atoms with Gasteiger partial charge in [0.1, 0.15) is 0 Å². The molecule has 2 N–H and O–H groups in total. The first-order valence-electron chi connectivity index (χ1n) is 6.73. The lowest BCUT2D eigenvalue weighted by Crippen LogP contribution is -2.35. The predicted octanol–water partition coefficient (Wildman–Crippen LogP) is 1.43. The first-order valence-corrected chi connectivity index (χ1v) is 8.55. The third-order valence-corrected chi connectivity index (χ3v) is 4.90. The van der Waals surface area contributed by atoms with Gasteiger partial charge in [-0.2, -0.15) is 4.98 Å². The zero-order valence-electron chi connectivity index (χ0n) is 11.4. The molecule has 0 aliphatic carbocycles. The van der Waals surface area contributed by atoms with E-state index in [-0.39, 0.29) is 23.4 Å². The van der Waals surface area contributed by atoms with Crippen LogP contribution in [0.4, 0.5) is 16.2 Å². The molecule has 1 aliphatic heterocycles. The Morgan fingerprint density at radius 3 is 3.00 bits per heavy atom. The summed E-state index contributed by atoms with van der Waals surface area (Å²) in [5.74, 6) is 0.0553. The van der Waals surface area contributed by atoms with Gasteiger partial charge >= 0.3 is 0 Å². The number of hydrogen-bond acceptors (Lipinski definition) is 6. The van der Waals surface area contributed by atoms with Crippen molar-refractivity contribution in [2.45, 2.75) is 32.2 Å². The van der Waals surface area contributed by atoms with Gasteiger partial charge in [-0.05, 0) is 19.3 Å². The van der Waals surface area contributed by atoms with Crippen LogP contribution in [0.1, 0.15) is 26.2 Å². The van der Waals surface area contributed by atoms with Gasteiger partial charge in [-0.15, -0.1) is 0 Å². The molecule has 2 heterocycles. The molecule has 1 atom stereocenters. The molecule has 1 aromatic rings. The molecule has 1 unspecified atom stereocenters. The molecule has 6 nitrogen and oxygen atoms in total. The van der Waals surface area contributed by atoms with Gasteiger partial charge in [-0.25, -0.2) is 17.8 Å². The number of halogens is 1. The van der Waals surface area contributed by atoms with Gasteiger partial charge in [0.2, 0.25) is 5.95 Å². The van der Waals surface area contributed by atoms with Crippen LogP contribution in [0.15, 0.2) is 6.20 Å². The molecule has 2 rings (SSSR count). The number of nitrogens with zero attached hydrogens (tertiary/aromatic N) is 2. The summed E-state index contributed by atoms with van der Waals surface area (Å²) in [7, 11) is -3.03. The molecule has 1 saturated heterocycles. The maximum Gasteiger partial charge on any atom is 0.224 e. The standard InChI is InChI=1S/C12H19FN4O2S/c1-2-5-14-12-15-7-10(13)11(17-12)16-9-4-3-6-20(18,19)8-9/h7,9H,2-6,8H2,1H3,(H2,14,15,16,17). The maximum atomic E-state index is 13.7. The lowest BCUT2D eigenvalue weighted by Gasteiger charge is -2.23. The molecule has 0 radical (unpaired) electrons. The van der Waals surface area contributed by atoms with E-state index in [9.17, 15) is 12.8 Å². The van der Waals surface area contributed by atoms with E-state index in [1.165, 1.54) is 0 Å². The lowest BCUT2D eigenvalue weighted by atomic mass is 10.2. The molecule has 112 valence electrons. The zero-order valence-corrected chi connectivity index (χ0v) is 12.2. The van der Waals surface area contributed by atoms with Crippen molar-refractivity contribution in [1.29, 1.82) is 0 Å². The highest BCUT2D eigenvalue weighted by molar-refractivity contribution is 7.91. The van der Waals surface area contributed by atoms with E-state index in [1.807, 2.05) is 6.92 Å². The topological polar surface area (TPSA) is 84.0 Å². The van der Waals surface area contributed by atoms with Crippen molar-refractivity contribution < 1.29 is 12.8 Å². The Bertz CT molecular complexity index is 565. The molecule has 0 amide bonds. The Labute approximate surface area is 118 Å². The Morgan fingerprint density at radius 1 is 1.50 bits per heavy atom. The van der Waals surface area contributed by atoms with Gasteiger partial charge in [0.25, 0.3) is 0 Å². The van der Waals surface area contributed by atoms with E-state index in [0.29, 0.717) is 25.3 Å². The smallest absolute Gasteiger partial charge is 0.224 e. The van der Waals surface area contributed by atoms with Crippen LogP contribution in [0.3, 0.4) is 0 Å². The first kappa shape index (κ1) is 15.0. The fraction of sp³-hybridized carbons (Fsp3) is 0.667. The van der Waals surface area contributed by atoms with E-state index in [0.717, 1.165) is 12.6 Å². The van der Waals surface area contributed by atoms with Crippen molar-refractivity contribution in [2.24, 2.45) is 0 Å². The van der Waals surface area contributed by atoms with Crippen molar-refractivity contribution >= 4 is 21.6 Å². The minimum Gasteiger partial charge on any atom is -0.364 e. The molecule has 0 aromatic carbocycles. The number of hydrogen-bond donors (Lipinski definition) is 2. The SMILES string of the molecule is CCCNc1ncc(F)c(NC2CCCS(=O)(=O)C2)n1. The Kier molecular flexibility index (Phi) is 4.74.